The fraction of sp³-hybridized carbons (Fsp3) is 0.500. The van der Waals surface area contributed by atoms with Gasteiger partial charge in [-0.1, -0.05) is 11.6 Å². The Bertz CT molecular complexity index is 366. The maximum absolute atomic E-state index is 9.77. The van der Waals surface area contributed by atoms with Crippen LogP contribution in [0.5, 0.6) is 5.75 Å². The van der Waals surface area contributed by atoms with Crippen molar-refractivity contribution >= 4 is 11.6 Å². The average molecular weight is 244 g/mol. The summed E-state index contributed by atoms with van der Waals surface area (Å²) in [6.45, 7) is 5.91. The van der Waals surface area contributed by atoms with Crippen LogP contribution in [-0.2, 0) is 0 Å². The molecule has 0 heterocycles. The third-order valence-corrected chi connectivity index (χ3v) is 2.64. The molecule has 0 saturated heterocycles. The number of aliphatic hydroxyl groups excluding tert-OH is 1. The molecule has 1 rings (SSSR count). The Labute approximate surface area is 101 Å². The lowest BCUT2D eigenvalue weighted by atomic mass is 10.1. The first-order valence-electron chi connectivity index (χ1n) is 5.30. The molecule has 90 valence electrons. The summed E-state index contributed by atoms with van der Waals surface area (Å²) in [5.41, 5.74) is 7.01. The second-order valence-electron chi connectivity index (χ2n) is 4.06. The third-order valence-electron chi connectivity index (χ3n) is 2.24. The van der Waals surface area contributed by atoms with Gasteiger partial charge < -0.3 is 15.6 Å². The average Bonchev–Trinajstić information content (AvgIpc) is 2.21. The zero-order chi connectivity index (χ0) is 12.3. The molecule has 0 bridgehead atoms. The van der Waals surface area contributed by atoms with Crippen molar-refractivity contribution in [3.05, 3.63) is 28.3 Å². The number of ether oxygens (including phenoxy) is 1. The minimum atomic E-state index is -0.744. The monoisotopic (exact) mass is 243 g/mol. The van der Waals surface area contributed by atoms with Crippen molar-refractivity contribution in [2.75, 3.05) is 6.54 Å². The standard InChI is InChI=1S/C12H18ClNO2/c1-7(2)16-12-4-8(3)10(13)5-9(12)11(15)6-14/h4-5,7,11,15H,6,14H2,1-3H3. The molecule has 0 aliphatic rings. The lowest BCUT2D eigenvalue weighted by Crippen LogP contribution is -2.15. The molecule has 1 aromatic rings. The molecule has 0 radical (unpaired) electrons. The van der Waals surface area contributed by atoms with Gasteiger partial charge in [0.2, 0.25) is 0 Å². The van der Waals surface area contributed by atoms with E-state index in [1.165, 1.54) is 0 Å². The molecule has 0 fully saturated rings. The fourth-order valence-electron chi connectivity index (χ4n) is 1.41. The van der Waals surface area contributed by atoms with Gasteiger partial charge in [0, 0.05) is 17.1 Å². The van der Waals surface area contributed by atoms with Gasteiger partial charge in [-0.15, -0.1) is 0 Å². The van der Waals surface area contributed by atoms with Gasteiger partial charge in [-0.2, -0.15) is 0 Å². The zero-order valence-corrected chi connectivity index (χ0v) is 10.6. The summed E-state index contributed by atoms with van der Waals surface area (Å²) in [7, 11) is 0. The highest BCUT2D eigenvalue weighted by molar-refractivity contribution is 6.31. The SMILES string of the molecule is Cc1cc(OC(C)C)c(C(O)CN)cc1Cl. The van der Waals surface area contributed by atoms with Gasteiger partial charge >= 0.3 is 0 Å². The summed E-state index contributed by atoms with van der Waals surface area (Å²) in [6.07, 6.45) is -0.698. The first-order valence-corrected chi connectivity index (χ1v) is 5.68. The highest BCUT2D eigenvalue weighted by atomic mass is 35.5. The highest BCUT2D eigenvalue weighted by Gasteiger charge is 2.15. The van der Waals surface area contributed by atoms with Crippen LogP contribution in [0, 0.1) is 6.92 Å². The van der Waals surface area contributed by atoms with E-state index in [0.717, 1.165) is 5.56 Å². The van der Waals surface area contributed by atoms with E-state index in [2.05, 4.69) is 0 Å². The van der Waals surface area contributed by atoms with Gasteiger partial charge in [0.05, 0.1) is 12.2 Å². The van der Waals surface area contributed by atoms with Crippen LogP contribution in [-0.4, -0.2) is 17.8 Å². The van der Waals surface area contributed by atoms with Crippen molar-refractivity contribution in [2.45, 2.75) is 33.0 Å². The Hall–Kier alpha value is -0.770. The van der Waals surface area contributed by atoms with E-state index in [-0.39, 0.29) is 12.6 Å². The lowest BCUT2D eigenvalue weighted by molar-refractivity contribution is 0.173. The van der Waals surface area contributed by atoms with Crippen LogP contribution >= 0.6 is 11.6 Å². The second-order valence-corrected chi connectivity index (χ2v) is 4.46. The number of aliphatic hydroxyl groups is 1. The number of aryl methyl sites for hydroxylation is 1. The van der Waals surface area contributed by atoms with Gasteiger partial charge in [-0.3, -0.25) is 0 Å². The van der Waals surface area contributed by atoms with E-state index in [9.17, 15) is 5.11 Å². The van der Waals surface area contributed by atoms with Gasteiger partial charge in [0.25, 0.3) is 0 Å². The van der Waals surface area contributed by atoms with Crippen molar-refractivity contribution in [1.29, 1.82) is 0 Å². The van der Waals surface area contributed by atoms with Crippen molar-refractivity contribution in [2.24, 2.45) is 5.73 Å². The first kappa shape index (κ1) is 13.3. The predicted molar refractivity (Wildman–Crippen MR) is 66.0 cm³/mol. The summed E-state index contributed by atoms with van der Waals surface area (Å²) >= 11 is 6.02. The number of benzene rings is 1. The number of hydrogen-bond acceptors (Lipinski definition) is 3. The Balaban J connectivity index is 3.16. The van der Waals surface area contributed by atoms with Crippen LogP contribution in [0.25, 0.3) is 0 Å². The molecule has 1 atom stereocenters. The zero-order valence-electron chi connectivity index (χ0n) is 9.83. The van der Waals surface area contributed by atoms with Crippen LogP contribution in [0.4, 0.5) is 0 Å². The Morgan fingerprint density at radius 3 is 2.56 bits per heavy atom. The van der Waals surface area contributed by atoms with Gasteiger partial charge in [-0.05, 0) is 38.5 Å². The highest BCUT2D eigenvalue weighted by Crippen LogP contribution is 2.31. The summed E-state index contributed by atoms with van der Waals surface area (Å²) in [6, 6.07) is 3.54. The molecule has 16 heavy (non-hydrogen) atoms. The lowest BCUT2D eigenvalue weighted by Gasteiger charge is -2.18. The molecular formula is C12H18ClNO2. The minimum absolute atomic E-state index is 0.0456. The maximum Gasteiger partial charge on any atom is 0.125 e. The van der Waals surface area contributed by atoms with E-state index in [1.807, 2.05) is 26.8 Å². The van der Waals surface area contributed by atoms with Crippen LogP contribution in [0.15, 0.2) is 12.1 Å². The molecule has 4 heteroatoms. The Morgan fingerprint density at radius 1 is 1.44 bits per heavy atom. The van der Waals surface area contributed by atoms with Crippen molar-refractivity contribution in [3.63, 3.8) is 0 Å². The fourth-order valence-corrected chi connectivity index (χ4v) is 1.59. The summed E-state index contributed by atoms with van der Waals surface area (Å²) in [4.78, 5) is 0. The quantitative estimate of drug-likeness (QED) is 0.854. The van der Waals surface area contributed by atoms with Crippen LogP contribution in [0.2, 0.25) is 5.02 Å². The van der Waals surface area contributed by atoms with E-state index in [0.29, 0.717) is 16.3 Å². The smallest absolute Gasteiger partial charge is 0.125 e. The topological polar surface area (TPSA) is 55.5 Å². The van der Waals surface area contributed by atoms with Gasteiger partial charge in [-0.25, -0.2) is 0 Å². The van der Waals surface area contributed by atoms with E-state index < -0.39 is 6.10 Å². The molecule has 0 aliphatic carbocycles. The van der Waals surface area contributed by atoms with Crippen LogP contribution in [0.3, 0.4) is 0 Å². The first-order chi connectivity index (χ1) is 7.45. The van der Waals surface area contributed by atoms with E-state index in [4.69, 9.17) is 22.1 Å². The predicted octanol–water partition coefficient (Wildman–Crippen LogP) is 2.43. The molecule has 0 saturated carbocycles. The molecule has 1 aromatic carbocycles. The van der Waals surface area contributed by atoms with Crippen LogP contribution in [0.1, 0.15) is 31.1 Å². The number of nitrogens with two attached hydrogens (primary N) is 1. The van der Waals surface area contributed by atoms with Crippen molar-refractivity contribution < 1.29 is 9.84 Å². The van der Waals surface area contributed by atoms with Crippen LogP contribution < -0.4 is 10.5 Å². The minimum Gasteiger partial charge on any atom is -0.491 e. The largest absolute Gasteiger partial charge is 0.491 e. The molecule has 0 spiro atoms. The maximum atomic E-state index is 9.77. The molecule has 3 N–H and O–H groups in total. The second kappa shape index (κ2) is 5.53. The van der Waals surface area contributed by atoms with Crippen molar-refractivity contribution in [1.82, 2.24) is 0 Å². The normalized spacial score (nSPS) is 12.9. The number of hydrogen-bond donors (Lipinski definition) is 2. The van der Waals surface area contributed by atoms with Crippen molar-refractivity contribution in [3.8, 4) is 5.75 Å². The Kier molecular flexibility index (Phi) is 4.59. The number of rotatable bonds is 4. The van der Waals surface area contributed by atoms with Gasteiger partial charge in [0.1, 0.15) is 5.75 Å². The summed E-state index contributed by atoms with van der Waals surface area (Å²) in [5, 5.41) is 10.4. The molecule has 0 aliphatic heterocycles. The summed E-state index contributed by atoms with van der Waals surface area (Å²) < 4.78 is 5.63. The third kappa shape index (κ3) is 3.11. The molecule has 0 aromatic heterocycles. The van der Waals surface area contributed by atoms with Gasteiger partial charge in [0.15, 0.2) is 0 Å². The molecule has 0 amide bonds. The molecule has 1 unspecified atom stereocenters. The molecule has 3 nitrogen and oxygen atoms in total. The summed E-state index contributed by atoms with van der Waals surface area (Å²) in [5.74, 6) is 0.648. The van der Waals surface area contributed by atoms with E-state index in [1.54, 1.807) is 6.07 Å². The van der Waals surface area contributed by atoms with E-state index >= 15 is 0 Å². The number of halogens is 1. The molecular weight excluding hydrogens is 226 g/mol. The Morgan fingerprint density at radius 2 is 2.06 bits per heavy atom.